The minimum Gasteiger partial charge on any atom is -0.368 e. The molecule has 9 heteroatoms. The van der Waals surface area contributed by atoms with Gasteiger partial charge in [-0.2, -0.15) is 23.3 Å². The van der Waals surface area contributed by atoms with Crippen LogP contribution < -0.4 is 10.6 Å². The highest BCUT2D eigenvalue weighted by molar-refractivity contribution is 5.65. The van der Waals surface area contributed by atoms with Crippen molar-refractivity contribution in [3.8, 4) is 11.4 Å². The normalized spacial score (nSPS) is 15.5. The Kier molecular flexibility index (Phi) is 3.42. The van der Waals surface area contributed by atoms with Gasteiger partial charge < -0.3 is 10.6 Å². The molecule has 118 valence electrons. The van der Waals surface area contributed by atoms with E-state index in [1.165, 1.54) is 13.0 Å². The van der Waals surface area contributed by atoms with Crippen LogP contribution in [0.3, 0.4) is 0 Å². The molecule has 3 N–H and O–H groups in total. The lowest BCUT2D eigenvalue weighted by molar-refractivity contribution is -0.137. The third kappa shape index (κ3) is 2.58. The summed E-state index contributed by atoms with van der Waals surface area (Å²) in [5, 5.41) is 6.12. The van der Waals surface area contributed by atoms with Crippen LogP contribution in [0.25, 0.3) is 11.4 Å². The first-order chi connectivity index (χ1) is 10.4. The Morgan fingerprint density at radius 1 is 1.23 bits per heavy atom. The molecule has 0 unspecified atom stereocenters. The Morgan fingerprint density at radius 2 is 1.91 bits per heavy atom. The number of nitrogen functional groups attached to an aromatic ring is 1. The van der Waals surface area contributed by atoms with Gasteiger partial charge in [0.15, 0.2) is 0 Å². The Morgan fingerprint density at radius 3 is 2.55 bits per heavy atom. The van der Waals surface area contributed by atoms with E-state index in [9.17, 15) is 13.2 Å². The lowest BCUT2D eigenvalue weighted by Crippen LogP contribution is -2.20. The molecule has 0 atom stereocenters. The average molecular weight is 312 g/mol. The fourth-order valence-electron chi connectivity index (χ4n) is 2.64. The summed E-state index contributed by atoms with van der Waals surface area (Å²) >= 11 is 0. The van der Waals surface area contributed by atoms with Crippen LogP contribution in [0.1, 0.15) is 24.1 Å². The third-order valence-corrected chi connectivity index (χ3v) is 3.63. The van der Waals surface area contributed by atoms with E-state index in [1.807, 2.05) is 4.90 Å². The lowest BCUT2D eigenvalue weighted by Gasteiger charge is -2.17. The quantitative estimate of drug-likeness (QED) is 0.889. The molecule has 0 spiro atoms. The highest BCUT2D eigenvalue weighted by Gasteiger charge is 2.38. The van der Waals surface area contributed by atoms with E-state index >= 15 is 0 Å². The molecule has 1 aliphatic heterocycles. The van der Waals surface area contributed by atoms with Gasteiger partial charge in [0.2, 0.25) is 5.95 Å². The lowest BCUT2D eigenvalue weighted by atomic mass is 10.1. The van der Waals surface area contributed by atoms with Gasteiger partial charge in [0.05, 0.1) is 5.69 Å². The zero-order chi connectivity index (χ0) is 15.9. The van der Waals surface area contributed by atoms with Gasteiger partial charge in [-0.3, -0.25) is 5.10 Å². The highest BCUT2D eigenvalue weighted by Crippen LogP contribution is 2.38. The van der Waals surface area contributed by atoms with Gasteiger partial charge >= 0.3 is 6.18 Å². The molecule has 0 aliphatic carbocycles. The molecule has 1 fully saturated rings. The van der Waals surface area contributed by atoms with Crippen LogP contribution in [0.15, 0.2) is 6.07 Å². The Balaban J connectivity index is 2.09. The molecule has 6 nitrogen and oxygen atoms in total. The van der Waals surface area contributed by atoms with Crippen LogP contribution in [-0.2, 0) is 6.18 Å². The van der Waals surface area contributed by atoms with Crippen LogP contribution in [0.5, 0.6) is 0 Å². The van der Waals surface area contributed by atoms with Gasteiger partial charge in [-0.1, -0.05) is 0 Å². The number of alkyl halides is 3. The summed E-state index contributed by atoms with van der Waals surface area (Å²) in [6.45, 7) is 2.94. The van der Waals surface area contributed by atoms with E-state index in [0.29, 0.717) is 5.82 Å². The summed E-state index contributed by atoms with van der Waals surface area (Å²) in [7, 11) is 0. The molecule has 0 radical (unpaired) electrons. The minimum atomic E-state index is -4.51. The number of nitrogens with two attached hydrogens (primary N) is 1. The number of hydrogen-bond donors (Lipinski definition) is 2. The number of nitrogens with zero attached hydrogens (tertiary/aromatic N) is 4. The molecule has 1 aliphatic rings. The van der Waals surface area contributed by atoms with Gasteiger partial charge in [0.25, 0.3) is 0 Å². The van der Waals surface area contributed by atoms with E-state index < -0.39 is 11.7 Å². The maximum absolute atomic E-state index is 13.2. The monoisotopic (exact) mass is 312 g/mol. The third-order valence-electron chi connectivity index (χ3n) is 3.63. The standard InChI is InChI=1S/C13H15F3N6/c1-7-10(13(14,15)16)11(21-20-7)8-6-9(19-12(17)18-8)22-4-2-3-5-22/h6H,2-5H2,1H3,(H,20,21)(H2,17,18,19). The SMILES string of the molecule is Cc1[nH]nc(-c2cc(N3CCCC3)nc(N)n2)c1C(F)(F)F. The fraction of sp³-hybridized carbons (Fsp3) is 0.462. The largest absolute Gasteiger partial charge is 0.420 e. The van der Waals surface area contributed by atoms with Crippen LogP contribution in [0.4, 0.5) is 24.9 Å². The first-order valence-electron chi connectivity index (χ1n) is 6.88. The van der Waals surface area contributed by atoms with Gasteiger partial charge in [0.1, 0.15) is 17.1 Å². The summed E-state index contributed by atoms with van der Waals surface area (Å²) in [4.78, 5) is 10.0. The number of nitrogens with one attached hydrogen (secondary N) is 1. The van der Waals surface area contributed by atoms with Crippen molar-refractivity contribution in [3.63, 3.8) is 0 Å². The van der Waals surface area contributed by atoms with Crippen molar-refractivity contribution in [1.82, 2.24) is 20.2 Å². The number of aryl methyl sites for hydroxylation is 1. The summed E-state index contributed by atoms with van der Waals surface area (Å²) < 4.78 is 39.6. The first-order valence-corrected chi connectivity index (χ1v) is 6.88. The second kappa shape index (κ2) is 5.15. The van der Waals surface area contributed by atoms with Crippen molar-refractivity contribution in [3.05, 3.63) is 17.3 Å². The first kappa shape index (κ1) is 14.6. The van der Waals surface area contributed by atoms with Crippen molar-refractivity contribution in [1.29, 1.82) is 0 Å². The molecular weight excluding hydrogens is 297 g/mol. The van der Waals surface area contributed by atoms with Crippen LogP contribution >= 0.6 is 0 Å². The van der Waals surface area contributed by atoms with E-state index in [4.69, 9.17) is 5.73 Å². The Labute approximate surface area is 124 Å². The summed E-state index contributed by atoms with van der Waals surface area (Å²) in [6.07, 6.45) is -2.47. The molecule has 2 aromatic rings. The number of rotatable bonds is 2. The minimum absolute atomic E-state index is 0.0533. The number of halogens is 3. The number of aromatic amines is 1. The average Bonchev–Trinajstić information content (AvgIpc) is 3.05. The van der Waals surface area contributed by atoms with E-state index in [1.54, 1.807) is 0 Å². The molecule has 1 saturated heterocycles. The predicted octanol–water partition coefficient (Wildman–Crippen LogP) is 2.38. The number of anilines is 2. The highest BCUT2D eigenvalue weighted by atomic mass is 19.4. The molecule has 0 amide bonds. The number of H-pyrrole nitrogens is 1. The van der Waals surface area contributed by atoms with Crippen molar-refractivity contribution in [2.24, 2.45) is 0 Å². The zero-order valence-corrected chi connectivity index (χ0v) is 11.9. The second-order valence-electron chi connectivity index (χ2n) is 5.23. The van der Waals surface area contributed by atoms with E-state index in [0.717, 1.165) is 25.9 Å². The van der Waals surface area contributed by atoms with Crippen LogP contribution in [0.2, 0.25) is 0 Å². The Hall–Kier alpha value is -2.32. The summed E-state index contributed by atoms with van der Waals surface area (Å²) in [6, 6.07) is 1.51. The van der Waals surface area contributed by atoms with Gasteiger partial charge in [-0.15, -0.1) is 0 Å². The Bertz CT molecular complexity index is 688. The maximum atomic E-state index is 13.2. The van der Waals surface area contributed by atoms with Crippen molar-refractivity contribution in [2.75, 3.05) is 23.7 Å². The summed E-state index contributed by atoms with van der Waals surface area (Å²) in [5.74, 6) is 0.474. The molecule has 22 heavy (non-hydrogen) atoms. The maximum Gasteiger partial charge on any atom is 0.420 e. The molecule has 0 saturated carbocycles. The second-order valence-corrected chi connectivity index (χ2v) is 5.23. The topological polar surface area (TPSA) is 83.7 Å². The van der Waals surface area contributed by atoms with E-state index in [2.05, 4.69) is 20.2 Å². The van der Waals surface area contributed by atoms with Crippen LogP contribution in [-0.4, -0.2) is 33.3 Å². The molecule has 3 heterocycles. The van der Waals surface area contributed by atoms with Crippen LogP contribution in [0, 0.1) is 6.92 Å². The smallest absolute Gasteiger partial charge is 0.368 e. The zero-order valence-electron chi connectivity index (χ0n) is 11.9. The number of aromatic nitrogens is 4. The molecule has 0 bridgehead atoms. The number of hydrogen-bond acceptors (Lipinski definition) is 5. The van der Waals surface area contributed by atoms with E-state index in [-0.39, 0.29) is 23.0 Å². The molecular formula is C13H15F3N6. The van der Waals surface area contributed by atoms with Crippen molar-refractivity contribution < 1.29 is 13.2 Å². The molecule has 3 rings (SSSR count). The summed E-state index contributed by atoms with van der Waals surface area (Å²) in [5.41, 5.74) is 4.61. The molecule has 0 aromatic carbocycles. The van der Waals surface area contributed by atoms with Gasteiger partial charge in [-0.05, 0) is 19.8 Å². The molecule has 2 aromatic heterocycles. The van der Waals surface area contributed by atoms with Gasteiger partial charge in [0, 0.05) is 24.8 Å². The van der Waals surface area contributed by atoms with Crippen molar-refractivity contribution in [2.45, 2.75) is 25.9 Å². The predicted molar refractivity (Wildman–Crippen MR) is 75.2 cm³/mol. The van der Waals surface area contributed by atoms with Gasteiger partial charge in [-0.25, -0.2) is 4.98 Å². The fourth-order valence-corrected chi connectivity index (χ4v) is 2.64. The van der Waals surface area contributed by atoms with Crippen molar-refractivity contribution >= 4 is 11.8 Å².